The lowest BCUT2D eigenvalue weighted by molar-refractivity contribution is 0.0696. The van der Waals surface area contributed by atoms with Gasteiger partial charge >= 0.3 is 5.97 Å². The summed E-state index contributed by atoms with van der Waals surface area (Å²) < 4.78 is 23.8. The standard InChI is InChI=1S/C19H21NO5S/c1-3-14-8-9-16(12-17(14)26(2,24)25)18(21)20-11-10-13-4-6-15(7-5-13)19(22)23/h4-9,12H,3,10-11H2,1-2H3,(H,20,21)(H,22,23). The molecule has 0 bridgehead atoms. The van der Waals surface area contributed by atoms with E-state index in [2.05, 4.69) is 5.32 Å². The molecule has 7 heteroatoms. The Hall–Kier alpha value is -2.67. The Labute approximate surface area is 152 Å². The topological polar surface area (TPSA) is 101 Å². The van der Waals surface area contributed by atoms with Gasteiger partial charge in [0, 0.05) is 18.4 Å². The Bertz CT molecular complexity index is 917. The van der Waals surface area contributed by atoms with Crippen LogP contribution in [0, 0.1) is 0 Å². The number of carboxylic acids is 1. The lowest BCUT2D eigenvalue weighted by Crippen LogP contribution is -2.26. The molecule has 0 aliphatic carbocycles. The Morgan fingerprint density at radius 2 is 1.65 bits per heavy atom. The summed E-state index contributed by atoms with van der Waals surface area (Å²) in [5, 5.41) is 11.6. The maximum atomic E-state index is 12.3. The molecule has 0 atom stereocenters. The first-order valence-electron chi connectivity index (χ1n) is 8.15. The number of carbonyl (C=O) groups excluding carboxylic acids is 1. The van der Waals surface area contributed by atoms with Gasteiger partial charge < -0.3 is 10.4 Å². The van der Waals surface area contributed by atoms with E-state index >= 15 is 0 Å². The highest BCUT2D eigenvalue weighted by molar-refractivity contribution is 7.90. The van der Waals surface area contributed by atoms with Gasteiger partial charge in [0.25, 0.3) is 5.91 Å². The van der Waals surface area contributed by atoms with Crippen molar-refractivity contribution in [3.05, 3.63) is 64.7 Å². The molecule has 0 saturated carbocycles. The molecule has 0 spiro atoms. The number of nitrogens with one attached hydrogen (secondary N) is 1. The van der Waals surface area contributed by atoms with Crippen molar-refractivity contribution >= 4 is 21.7 Å². The van der Waals surface area contributed by atoms with Gasteiger partial charge in [0.1, 0.15) is 0 Å². The van der Waals surface area contributed by atoms with E-state index in [-0.39, 0.29) is 16.4 Å². The summed E-state index contributed by atoms with van der Waals surface area (Å²) in [5.41, 5.74) is 2.09. The fourth-order valence-electron chi connectivity index (χ4n) is 2.57. The van der Waals surface area contributed by atoms with Gasteiger partial charge in [-0.2, -0.15) is 0 Å². The van der Waals surface area contributed by atoms with E-state index in [1.807, 2.05) is 6.92 Å². The number of hydrogen-bond acceptors (Lipinski definition) is 4. The van der Waals surface area contributed by atoms with Crippen molar-refractivity contribution in [1.82, 2.24) is 5.32 Å². The van der Waals surface area contributed by atoms with Gasteiger partial charge in [0.15, 0.2) is 9.84 Å². The minimum atomic E-state index is -3.40. The van der Waals surface area contributed by atoms with Crippen molar-refractivity contribution < 1.29 is 23.1 Å². The molecule has 2 N–H and O–H groups in total. The summed E-state index contributed by atoms with van der Waals surface area (Å²) in [6, 6.07) is 11.1. The zero-order valence-electron chi connectivity index (χ0n) is 14.7. The number of aryl methyl sites for hydroxylation is 1. The van der Waals surface area contributed by atoms with Crippen molar-refractivity contribution in [1.29, 1.82) is 0 Å². The molecule has 0 aliphatic rings. The molecule has 0 heterocycles. The normalized spacial score (nSPS) is 11.2. The number of sulfone groups is 1. The number of amides is 1. The van der Waals surface area contributed by atoms with E-state index in [0.717, 1.165) is 11.8 Å². The monoisotopic (exact) mass is 375 g/mol. The molecule has 0 aliphatic heterocycles. The predicted molar refractivity (Wildman–Crippen MR) is 98.4 cm³/mol. The Morgan fingerprint density at radius 3 is 2.19 bits per heavy atom. The van der Waals surface area contributed by atoms with Crippen LogP contribution < -0.4 is 5.32 Å². The molecule has 0 radical (unpaired) electrons. The third-order valence-corrected chi connectivity index (χ3v) is 5.19. The van der Waals surface area contributed by atoms with Crippen molar-refractivity contribution in [3.8, 4) is 0 Å². The summed E-state index contributed by atoms with van der Waals surface area (Å²) in [5.74, 6) is -1.33. The van der Waals surface area contributed by atoms with Crippen molar-refractivity contribution in [3.63, 3.8) is 0 Å². The molecular weight excluding hydrogens is 354 g/mol. The van der Waals surface area contributed by atoms with Crippen LogP contribution in [0.15, 0.2) is 47.4 Å². The molecular formula is C19H21NO5S. The average Bonchev–Trinajstić information content (AvgIpc) is 2.60. The van der Waals surface area contributed by atoms with Gasteiger partial charge in [-0.15, -0.1) is 0 Å². The largest absolute Gasteiger partial charge is 0.478 e. The molecule has 138 valence electrons. The molecule has 0 aromatic heterocycles. The third-order valence-electron chi connectivity index (χ3n) is 4.01. The van der Waals surface area contributed by atoms with Crippen LogP contribution >= 0.6 is 0 Å². The van der Waals surface area contributed by atoms with E-state index in [1.165, 1.54) is 18.2 Å². The number of carbonyl (C=O) groups is 2. The van der Waals surface area contributed by atoms with Gasteiger partial charge in [-0.3, -0.25) is 4.79 Å². The van der Waals surface area contributed by atoms with Crippen LogP contribution in [-0.4, -0.2) is 38.2 Å². The fraction of sp³-hybridized carbons (Fsp3) is 0.263. The quantitative estimate of drug-likeness (QED) is 0.773. The molecule has 26 heavy (non-hydrogen) atoms. The van der Waals surface area contributed by atoms with Crippen LogP contribution in [0.1, 0.15) is 38.8 Å². The SMILES string of the molecule is CCc1ccc(C(=O)NCCc2ccc(C(=O)O)cc2)cc1S(C)(=O)=O. The second kappa shape index (κ2) is 8.14. The van der Waals surface area contributed by atoms with Crippen LogP contribution in [-0.2, 0) is 22.7 Å². The van der Waals surface area contributed by atoms with Crippen molar-refractivity contribution in [2.45, 2.75) is 24.7 Å². The maximum absolute atomic E-state index is 12.3. The smallest absolute Gasteiger partial charge is 0.335 e. The summed E-state index contributed by atoms with van der Waals surface area (Å²) in [6.07, 6.45) is 2.23. The number of benzene rings is 2. The summed E-state index contributed by atoms with van der Waals surface area (Å²) >= 11 is 0. The lowest BCUT2D eigenvalue weighted by atomic mass is 10.1. The third kappa shape index (κ3) is 4.92. The van der Waals surface area contributed by atoms with E-state index < -0.39 is 15.8 Å². The zero-order valence-corrected chi connectivity index (χ0v) is 15.5. The Balaban J connectivity index is 2.03. The average molecular weight is 375 g/mol. The van der Waals surface area contributed by atoms with Gasteiger partial charge in [-0.05, 0) is 48.2 Å². The maximum Gasteiger partial charge on any atom is 0.335 e. The lowest BCUT2D eigenvalue weighted by Gasteiger charge is -2.10. The van der Waals surface area contributed by atoms with Crippen molar-refractivity contribution in [2.24, 2.45) is 0 Å². The molecule has 0 saturated heterocycles. The first-order chi connectivity index (χ1) is 12.2. The first kappa shape index (κ1) is 19.7. The minimum Gasteiger partial charge on any atom is -0.478 e. The first-order valence-corrected chi connectivity index (χ1v) is 10.0. The molecule has 1 amide bonds. The number of aromatic carboxylic acids is 1. The van der Waals surface area contributed by atoms with Crippen LogP contribution in [0.25, 0.3) is 0 Å². The summed E-state index contributed by atoms with van der Waals surface area (Å²) in [6.45, 7) is 2.22. The molecule has 0 unspecified atom stereocenters. The van der Waals surface area contributed by atoms with E-state index in [9.17, 15) is 18.0 Å². The van der Waals surface area contributed by atoms with Crippen LogP contribution in [0.2, 0.25) is 0 Å². The highest BCUT2D eigenvalue weighted by atomic mass is 32.2. The summed E-state index contributed by atoms with van der Waals surface area (Å²) in [4.78, 5) is 23.3. The zero-order chi connectivity index (χ0) is 19.3. The highest BCUT2D eigenvalue weighted by Crippen LogP contribution is 2.18. The van der Waals surface area contributed by atoms with Crippen LogP contribution in [0.3, 0.4) is 0 Å². The van der Waals surface area contributed by atoms with Crippen LogP contribution in [0.5, 0.6) is 0 Å². The number of hydrogen-bond donors (Lipinski definition) is 2. The molecule has 2 aromatic carbocycles. The summed E-state index contributed by atoms with van der Waals surface area (Å²) in [7, 11) is -3.40. The van der Waals surface area contributed by atoms with E-state index in [1.54, 1.807) is 24.3 Å². The van der Waals surface area contributed by atoms with E-state index in [4.69, 9.17) is 5.11 Å². The van der Waals surface area contributed by atoms with Gasteiger partial charge in [0.05, 0.1) is 10.5 Å². The number of rotatable bonds is 7. The van der Waals surface area contributed by atoms with Crippen LogP contribution in [0.4, 0.5) is 0 Å². The predicted octanol–water partition coefficient (Wildman–Crippen LogP) is 2.32. The Morgan fingerprint density at radius 1 is 1.04 bits per heavy atom. The highest BCUT2D eigenvalue weighted by Gasteiger charge is 2.15. The fourth-order valence-corrected chi connectivity index (χ4v) is 3.60. The van der Waals surface area contributed by atoms with E-state index in [0.29, 0.717) is 30.5 Å². The second-order valence-electron chi connectivity index (χ2n) is 5.96. The molecule has 2 aromatic rings. The van der Waals surface area contributed by atoms with Gasteiger partial charge in [0.2, 0.25) is 0 Å². The van der Waals surface area contributed by atoms with Crippen molar-refractivity contribution in [2.75, 3.05) is 12.8 Å². The minimum absolute atomic E-state index is 0.178. The molecule has 6 nitrogen and oxygen atoms in total. The number of carboxylic acid groups (broad SMARTS) is 1. The molecule has 2 rings (SSSR count). The Kier molecular flexibility index (Phi) is 6.15. The van der Waals surface area contributed by atoms with Gasteiger partial charge in [-0.1, -0.05) is 25.1 Å². The second-order valence-corrected chi connectivity index (χ2v) is 7.94. The molecule has 0 fully saturated rings. The van der Waals surface area contributed by atoms with Gasteiger partial charge in [-0.25, -0.2) is 13.2 Å².